The Morgan fingerprint density at radius 2 is 2.05 bits per heavy atom. The zero-order chi connectivity index (χ0) is 15.1. The van der Waals surface area contributed by atoms with Crippen molar-refractivity contribution in [1.82, 2.24) is 4.90 Å². The number of anilines is 2. The highest BCUT2D eigenvalue weighted by Crippen LogP contribution is 2.22. The van der Waals surface area contributed by atoms with Crippen LogP contribution in [0.1, 0.15) is 39.0 Å². The molecule has 0 atom stereocenters. The fourth-order valence-corrected chi connectivity index (χ4v) is 2.99. The number of para-hydroxylation sites is 2. The Morgan fingerprint density at radius 1 is 1.33 bits per heavy atom. The molecule has 1 aliphatic rings. The number of likely N-dealkylation sites (tertiary alicyclic amines) is 1. The second-order valence-electron chi connectivity index (χ2n) is 5.96. The van der Waals surface area contributed by atoms with Gasteiger partial charge >= 0.3 is 0 Å². The van der Waals surface area contributed by atoms with Gasteiger partial charge < -0.3 is 16.0 Å². The van der Waals surface area contributed by atoms with Crippen molar-refractivity contribution < 1.29 is 4.79 Å². The van der Waals surface area contributed by atoms with Gasteiger partial charge in [-0.05, 0) is 44.0 Å². The summed E-state index contributed by atoms with van der Waals surface area (Å²) in [6.07, 6.45) is 5.72. The summed E-state index contributed by atoms with van der Waals surface area (Å²) >= 11 is 0. The summed E-state index contributed by atoms with van der Waals surface area (Å²) in [6, 6.07) is 7.38. The smallest absolute Gasteiger partial charge is 0.225 e. The lowest BCUT2D eigenvalue weighted by atomic mass is 9.92. The quantitative estimate of drug-likeness (QED) is 0.791. The summed E-state index contributed by atoms with van der Waals surface area (Å²) in [5, 5.41) is 2.89. The van der Waals surface area contributed by atoms with Crippen LogP contribution in [0.2, 0.25) is 0 Å². The van der Waals surface area contributed by atoms with E-state index < -0.39 is 0 Å². The second-order valence-corrected chi connectivity index (χ2v) is 5.96. The van der Waals surface area contributed by atoms with Gasteiger partial charge in [0.25, 0.3) is 0 Å². The first kappa shape index (κ1) is 15.8. The van der Waals surface area contributed by atoms with Gasteiger partial charge in [-0.25, -0.2) is 0 Å². The molecule has 21 heavy (non-hydrogen) atoms. The third-order valence-electron chi connectivity index (χ3n) is 4.29. The number of hydrogen-bond acceptors (Lipinski definition) is 3. The first-order chi connectivity index (χ1) is 10.2. The molecule has 1 saturated heterocycles. The molecule has 3 N–H and O–H groups in total. The number of nitrogens with one attached hydrogen (secondary N) is 1. The van der Waals surface area contributed by atoms with Crippen LogP contribution in [0, 0.1) is 5.92 Å². The SMILES string of the molecule is CCCC1CCN(CCC(=O)Nc2ccccc2N)CC1. The Bertz CT molecular complexity index is 453. The lowest BCUT2D eigenvalue weighted by Crippen LogP contribution is -2.35. The number of rotatable bonds is 6. The molecule has 2 rings (SSSR count). The summed E-state index contributed by atoms with van der Waals surface area (Å²) in [7, 11) is 0. The molecule has 0 unspecified atom stereocenters. The van der Waals surface area contributed by atoms with E-state index in [9.17, 15) is 4.79 Å². The van der Waals surface area contributed by atoms with Gasteiger partial charge in [-0.2, -0.15) is 0 Å². The zero-order valence-corrected chi connectivity index (χ0v) is 13.0. The number of nitrogens with two attached hydrogens (primary N) is 1. The lowest BCUT2D eigenvalue weighted by Gasteiger charge is -2.31. The van der Waals surface area contributed by atoms with Crippen LogP contribution in [0.4, 0.5) is 11.4 Å². The molecular formula is C17H27N3O. The highest BCUT2D eigenvalue weighted by atomic mass is 16.1. The fraction of sp³-hybridized carbons (Fsp3) is 0.588. The van der Waals surface area contributed by atoms with Crippen molar-refractivity contribution in [2.24, 2.45) is 5.92 Å². The fourth-order valence-electron chi connectivity index (χ4n) is 2.99. The van der Waals surface area contributed by atoms with Crippen LogP contribution in [0.5, 0.6) is 0 Å². The molecule has 1 aromatic rings. The summed E-state index contributed by atoms with van der Waals surface area (Å²) in [4.78, 5) is 14.4. The predicted molar refractivity (Wildman–Crippen MR) is 88.2 cm³/mol. The van der Waals surface area contributed by atoms with E-state index in [4.69, 9.17) is 5.73 Å². The van der Waals surface area contributed by atoms with Crippen LogP contribution in [-0.2, 0) is 4.79 Å². The van der Waals surface area contributed by atoms with Gasteiger partial charge in [-0.1, -0.05) is 31.9 Å². The maximum Gasteiger partial charge on any atom is 0.225 e. The van der Waals surface area contributed by atoms with Gasteiger partial charge in [0.2, 0.25) is 5.91 Å². The largest absolute Gasteiger partial charge is 0.397 e. The van der Waals surface area contributed by atoms with E-state index in [1.165, 1.54) is 25.7 Å². The Labute approximate surface area is 127 Å². The molecule has 0 aliphatic carbocycles. The Hall–Kier alpha value is -1.55. The van der Waals surface area contributed by atoms with Gasteiger partial charge in [0.15, 0.2) is 0 Å². The Morgan fingerprint density at radius 3 is 2.71 bits per heavy atom. The van der Waals surface area contributed by atoms with E-state index in [1.807, 2.05) is 18.2 Å². The Balaban J connectivity index is 1.69. The van der Waals surface area contributed by atoms with Crippen molar-refractivity contribution in [2.75, 3.05) is 30.7 Å². The van der Waals surface area contributed by atoms with Gasteiger partial charge in [0, 0.05) is 13.0 Å². The lowest BCUT2D eigenvalue weighted by molar-refractivity contribution is -0.116. The van der Waals surface area contributed by atoms with Crippen LogP contribution in [-0.4, -0.2) is 30.4 Å². The summed E-state index contributed by atoms with van der Waals surface area (Å²) in [5.41, 5.74) is 7.16. The molecule has 1 heterocycles. The van der Waals surface area contributed by atoms with Crippen LogP contribution < -0.4 is 11.1 Å². The standard InChI is InChI=1S/C17H27N3O/c1-2-5-14-8-11-20(12-9-14)13-10-17(21)19-16-7-4-3-6-15(16)18/h3-4,6-7,14H,2,5,8-13,18H2,1H3,(H,19,21). The maximum absolute atomic E-state index is 12.0. The molecular weight excluding hydrogens is 262 g/mol. The van der Waals surface area contributed by atoms with Gasteiger partial charge in [0.05, 0.1) is 11.4 Å². The molecule has 1 amide bonds. The van der Waals surface area contributed by atoms with Crippen molar-refractivity contribution >= 4 is 17.3 Å². The molecule has 4 nitrogen and oxygen atoms in total. The molecule has 0 spiro atoms. The first-order valence-electron chi connectivity index (χ1n) is 8.05. The summed E-state index contributed by atoms with van der Waals surface area (Å²) in [5.74, 6) is 0.938. The third kappa shape index (κ3) is 5.05. The van der Waals surface area contributed by atoms with Gasteiger partial charge in [-0.3, -0.25) is 4.79 Å². The average molecular weight is 289 g/mol. The molecule has 0 bridgehead atoms. The number of piperidine rings is 1. The first-order valence-corrected chi connectivity index (χ1v) is 8.05. The highest BCUT2D eigenvalue weighted by molar-refractivity contribution is 5.93. The normalized spacial score (nSPS) is 16.8. The van der Waals surface area contributed by atoms with Crippen LogP contribution in [0.15, 0.2) is 24.3 Å². The van der Waals surface area contributed by atoms with Crippen molar-refractivity contribution in [3.8, 4) is 0 Å². The molecule has 0 saturated carbocycles. The topological polar surface area (TPSA) is 58.4 Å². The van der Waals surface area contributed by atoms with Gasteiger partial charge in [-0.15, -0.1) is 0 Å². The van der Waals surface area contributed by atoms with E-state index in [2.05, 4.69) is 17.1 Å². The summed E-state index contributed by atoms with van der Waals surface area (Å²) in [6.45, 7) is 5.36. The highest BCUT2D eigenvalue weighted by Gasteiger charge is 2.18. The number of carbonyl (C=O) groups is 1. The van der Waals surface area contributed by atoms with Crippen LogP contribution in [0.25, 0.3) is 0 Å². The molecule has 4 heteroatoms. The molecule has 1 aromatic carbocycles. The van der Waals surface area contributed by atoms with Crippen LogP contribution >= 0.6 is 0 Å². The number of nitrogen functional groups attached to an aromatic ring is 1. The van der Waals surface area contributed by atoms with E-state index in [-0.39, 0.29) is 5.91 Å². The number of amides is 1. The number of benzene rings is 1. The number of carbonyl (C=O) groups excluding carboxylic acids is 1. The summed E-state index contributed by atoms with van der Waals surface area (Å²) < 4.78 is 0. The molecule has 1 aliphatic heterocycles. The van der Waals surface area contributed by atoms with Crippen molar-refractivity contribution in [2.45, 2.75) is 39.0 Å². The Kier molecular flexibility index (Phi) is 6.05. The minimum absolute atomic E-state index is 0.0450. The third-order valence-corrected chi connectivity index (χ3v) is 4.29. The number of hydrogen-bond donors (Lipinski definition) is 2. The molecule has 1 fully saturated rings. The number of nitrogens with zero attached hydrogens (tertiary/aromatic N) is 1. The molecule has 0 aromatic heterocycles. The van der Waals surface area contributed by atoms with Crippen molar-refractivity contribution in [3.63, 3.8) is 0 Å². The predicted octanol–water partition coefficient (Wildman–Crippen LogP) is 3.11. The monoisotopic (exact) mass is 289 g/mol. The molecule has 116 valence electrons. The zero-order valence-electron chi connectivity index (χ0n) is 13.0. The van der Waals surface area contributed by atoms with E-state index >= 15 is 0 Å². The van der Waals surface area contributed by atoms with E-state index in [0.29, 0.717) is 17.8 Å². The van der Waals surface area contributed by atoms with Gasteiger partial charge in [0.1, 0.15) is 0 Å². The van der Waals surface area contributed by atoms with Crippen LogP contribution in [0.3, 0.4) is 0 Å². The second kappa shape index (κ2) is 8.03. The van der Waals surface area contributed by atoms with E-state index in [1.54, 1.807) is 6.07 Å². The van der Waals surface area contributed by atoms with Crippen molar-refractivity contribution in [3.05, 3.63) is 24.3 Å². The minimum Gasteiger partial charge on any atom is -0.397 e. The minimum atomic E-state index is 0.0450. The molecule has 0 radical (unpaired) electrons. The maximum atomic E-state index is 12.0. The van der Waals surface area contributed by atoms with E-state index in [0.717, 1.165) is 25.6 Å². The van der Waals surface area contributed by atoms with Crippen molar-refractivity contribution in [1.29, 1.82) is 0 Å². The average Bonchev–Trinajstić information content (AvgIpc) is 2.49.